The van der Waals surface area contributed by atoms with E-state index in [0.29, 0.717) is 30.7 Å². The van der Waals surface area contributed by atoms with E-state index >= 15 is 0 Å². The van der Waals surface area contributed by atoms with Gasteiger partial charge in [0.2, 0.25) is 11.8 Å². The summed E-state index contributed by atoms with van der Waals surface area (Å²) < 4.78 is 0. The number of rotatable bonds is 5. The fourth-order valence-corrected chi connectivity index (χ4v) is 2.80. The zero-order valence-corrected chi connectivity index (χ0v) is 14.3. The quantitative estimate of drug-likeness (QED) is 0.826. The van der Waals surface area contributed by atoms with Gasteiger partial charge < -0.3 is 10.2 Å². The minimum absolute atomic E-state index is 0.00651. The molecule has 24 heavy (non-hydrogen) atoms. The van der Waals surface area contributed by atoms with E-state index in [-0.39, 0.29) is 11.8 Å². The van der Waals surface area contributed by atoms with Gasteiger partial charge in [0.25, 0.3) is 0 Å². The van der Waals surface area contributed by atoms with Crippen molar-refractivity contribution in [3.8, 4) is 0 Å². The highest BCUT2D eigenvalue weighted by molar-refractivity contribution is 6.30. The summed E-state index contributed by atoms with van der Waals surface area (Å²) in [4.78, 5) is 28.0. The van der Waals surface area contributed by atoms with Gasteiger partial charge in [-0.3, -0.25) is 14.5 Å². The van der Waals surface area contributed by atoms with Crippen LogP contribution in [0.25, 0.3) is 6.08 Å². The smallest absolute Gasteiger partial charge is 0.246 e. The van der Waals surface area contributed by atoms with E-state index in [0.717, 1.165) is 31.5 Å². The Labute approximate surface area is 147 Å². The summed E-state index contributed by atoms with van der Waals surface area (Å²) in [6, 6.07) is 7.76. The van der Waals surface area contributed by atoms with Crippen LogP contribution in [-0.2, 0) is 9.59 Å². The zero-order chi connectivity index (χ0) is 16.9. The van der Waals surface area contributed by atoms with Crippen LogP contribution in [0.2, 0.25) is 5.02 Å². The molecule has 1 aromatic rings. The lowest BCUT2D eigenvalue weighted by atomic mass is 10.2. The summed E-state index contributed by atoms with van der Waals surface area (Å²) in [7, 11) is 0. The van der Waals surface area contributed by atoms with Gasteiger partial charge >= 0.3 is 0 Å². The average molecular weight is 348 g/mol. The van der Waals surface area contributed by atoms with Crippen molar-refractivity contribution in [3.05, 3.63) is 40.9 Å². The molecule has 1 aliphatic carbocycles. The number of hydrogen-bond donors (Lipinski definition) is 1. The summed E-state index contributed by atoms with van der Waals surface area (Å²) in [5, 5.41) is 3.68. The number of nitrogens with zero attached hydrogens (tertiary/aromatic N) is 2. The molecule has 0 aromatic heterocycles. The lowest BCUT2D eigenvalue weighted by molar-refractivity contribution is -0.128. The van der Waals surface area contributed by atoms with Crippen molar-refractivity contribution in [2.45, 2.75) is 18.9 Å². The number of hydrogen-bond acceptors (Lipinski definition) is 3. The summed E-state index contributed by atoms with van der Waals surface area (Å²) in [5.74, 6) is 0.104. The van der Waals surface area contributed by atoms with Crippen LogP contribution in [0, 0.1) is 0 Å². The van der Waals surface area contributed by atoms with Crippen LogP contribution in [-0.4, -0.2) is 60.4 Å². The molecular formula is C18H22ClN3O2. The summed E-state index contributed by atoms with van der Waals surface area (Å²) in [6.07, 6.45) is 5.61. The van der Waals surface area contributed by atoms with Gasteiger partial charge in [-0.05, 0) is 36.6 Å². The first-order valence-electron chi connectivity index (χ1n) is 8.34. The van der Waals surface area contributed by atoms with Gasteiger partial charge in [-0.15, -0.1) is 0 Å². The van der Waals surface area contributed by atoms with Crippen molar-refractivity contribution < 1.29 is 9.59 Å². The zero-order valence-electron chi connectivity index (χ0n) is 13.6. The first-order chi connectivity index (χ1) is 11.6. The van der Waals surface area contributed by atoms with Crippen LogP contribution in [0.5, 0.6) is 0 Å². The number of benzene rings is 1. The van der Waals surface area contributed by atoms with Gasteiger partial charge in [-0.25, -0.2) is 0 Å². The van der Waals surface area contributed by atoms with Crippen molar-refractivity contribution in [1.82, 2.24) is 15.1 Å². The minimum Gasteiger partial charge on any atom is -0.352 e. The predicted octanol–water partition coefficient (Wildman–Crippen LogP) is 1.78. The fourth-order valence-electron chi connectivity index (χ4n) is 2.68. The second kappa shape index (κ2) is 7.81. The molecule has 0 bridgehead atoms. The highest BCUT2D eigenvalue weighted by Crippen LogP contribution is 2.18. The van der Waals surface area contributed by atoms with E-state index in [1.54, 1.807) is 24.3 Å². The van der Waals surface area contributed by atoms with Crippen LogP contribution < -0.4 is 5.32 Å². The average Bonchev–Trinajstić information content (AvgIpc) is 3.38. The molecule has 3 rings (SSSR count). The lowest BCUT2D eigenvalue weighted by Gasteiger charge is -2.33. The molecule has 1 aliphatic heterocycles. The lowest BCUT2D eigenvalue weighted by Crippen LogP contribution is -2.51. The van der Waals surface area contributed by atoms with Crippen LogP contribution in [0.15, 0.2) is 30.3 Å². The number of nitrogens with one attached hydrogen (secondary N) is 1. The first-order valence-corrected chi connectivity index (χ1v) is 8.72. The molecule has 1 N–H and O–H groups in total. The standard InChI is InChI=1S/C18H22ClN3O2/c19-15-4-1-14(2-5-15)3-8-18(24)22-11-9-21(10-12-22)13-17(23)20-16-6-7-16/h1-5,8,16H,6-7,9-13H2,(H,20,23)/b8-3+. The van der Waals surface area contributed by atoms with Gasteiger partial charge in [0.05, 0.1) is 6.54 Å². The molecule has 6 heteroatoms. The molecule has 0 unspecified atom stereocenters. The molecule has 1 heterocycles. The maximum absolute atomic E-state index is 12.2. The Bertz CT molecular complexity index is 618. The normalized spacial score (nSPS) is 18.8. The molecule has 1 aromatic carbocycles. The van der Waals surface area contributed by atoms with Gasteiger partial charge in [-0.1, -0.05) is 23.7 Å². The minimum atomic E-state index is 0.00651. The van der Waals surface area contributed by atoms with Crippen molar-refractivity contribution in [2.24, 2.45) is 0 Å². The molecule has 2 fully saturated rings. The van der Waals surface area contributed by atoms with E-state index in [4.69, 9.17) is 11.6 Å². The molecule has 2 amide bonds. The molecule has 0 atom stereocenters. The maximum atomic E-state index is 12.2. The van der Waals surface area contributed by atoms with Gasteiger partial charge in [0.1, 0.15) is 0 Å². The van der Waals surface area contributed by atoms with E-state index < -0.39 is 0 Å². The van der Waals surface area contributed by atoms with Crippen molar-refractivity contribution in [2.75, 3.05) is 32.7 Å². The van der Waals surface area contributed by atoms with E-state index in [9.17, 15) is 9.59 Å². The second-order valence-electron chi connectivity index (χ2n) is 6.33. The van der Waals surface area contributed by atoms with Crippen LogP contribution in [0.3, 0.4) is 0 Å². The van der Waals surface area contributed by atoms with Crippen LogP contribution in [0.1, 0.15) is 18.4 Å². The Hall–Kier alpha value is -1.85. The number of halogens is 1. The van der Waals surface area contributed by atoms with Crippen molar-refractivity contribution >= 4 is 29.5 Å². The second-order valence-corrected chi connectivity index (χ2v) is 6.76. The third-order valence-corrected chi connectivity index (χ3v) is 4.53. The molecule has 0 spiro atoms. The molecule has 2 aliphatic rings. The topological polar surface area (TPSA) is 52.7 Å². The highest BCUT2D eigenvalue weighted by atomic mass is 35.5. The predicted molar refractivity (Wildman–Crippen MR) is 94.7 cm³/mol. The monoisotopic (exact) mass is 347 g/mol. The number of carbonyl (C=O) groups excluding carboxylic acids is 2. The van der Waals surface area contributed by atoms with Gasteiger partial charge in [0.15, 0.2) is 0 Å². The van der Waals surface area contributed by atoms with Crippen molar-refractivity contribution in [1.29, 1.82) is 0 Å². The Balaban J connectivity index is 1.42. The van der Waals surface area contributed by atoms with Gasteiger partial charge in [-0.2, -0.15) is 0 Å². The Morgan fingerprint density at radius 3 is 2.42 bits per heavy atom. The molecule has 0 radical (unpaired) electrons. The van der Waals surface area contributed by atoms with Crippen molar-refractivity contribution in [3.63, 3.8) is 0 Å². The molecule has 5 nitrogen and oxygen atoms in total. The van der Waals surface area contributed by atoms with E-state index in [1.807, 2.05) is 17.0 Å². The highest BCUT2D eigenvalue weighted by Gasteiger charge is 2.25. The maximum Gasteiger partial charge on any atom is 0.246 e. The number of piperazine rings is 1. The molecule has 128 valence electrons. The fraction of sp³-hybridized carbons (Fsp3) is 0.444. The molecule has 1 saturated carbocycles. The van der Waals surface area contributed by atoms with E-state index in [1.165, 1.54) is 0 Å². The van der Waals surface area contributed by atoms with Gasteiger partial charge in [0, 0.05) is 43.3 Å². The Morgan fingerprint density at radius 1 is 1.12 bits per heavy atom. The SMILES string of the molecule is O=C(CN1CCN(C(=O)/C=C/c2ccc(Cl)cc2)CC1)NC1CC1. The van der Waals surface area contributed by atoms with E-state index in [2.05, 4.69) is 10.2 Å². The first kappa shape index (κ1) is 17.0. The van der Waals surface area contributed by atoms with Crippen LogP contribution in [0.4, 0.5) is 0 Å². The Morgan fingerprint density at radius 2 is 1.79 bits per heavy atom. The third-order valence-electron chi connectivity index (χ3n) is 4.28. The third kappa shape index (κ3) is 5.08. The number of carbonyl (C=O) groups is 2. The Kier molecular flexibility index (Phi) is 5.53. The molecular weight excluding hydrogens is 326 g/mol. The van der Waals surface area contributed by atoms with Crippen LogP contribution >= 0.6 is 11.6 Å². The summed E-state index contributed by atoms with van der Waals surface area (Å²) >= 11 is 5.84. The molecule has 1 saturated heterocycles. The number of amides is 2. The summed E-state index contributed by atoms with van der Waals surface area (Å²) in [6.45, 7) is 3.21. The summed E-state index contributed by atoms with van der Waals surface area (Å²) in [5.41, 5.74) is 0.947. The largest absolute Gasteiger partial charge is 0.352 e.